The normalized spacial score (nSPS) is 15.0. The molecule has 0 bridgehead atoms. The number of sulfonamides is 1. The van der Waals surface area contributed by atoms with Crippen LogP contribution in [0, 0.1) is 0 Å². The van der Waals surface area contributed by atoms with E-state index >= 15 is 0 Å². The summed E-state index contributed by atoms with van der Waals surface area (Å²) in [5.41, 5.74) is 5.79. The minimum absolute atomic E-state index is 0.240. The summed E-state index contributed by atoms with van der Waals surface area (Å²) in [5, 5.41) is 5.60. The minimum atomic E-state index is -4.03. The van der Waals surface area contributed by atoms with Crippen molar-refractivity contribution in [2.75, 3.05) is 19.4 Å². The highest BCUT2D eigenvalue weighted by molar-refractivity contribution is 7.93. The number of aromatic nitrogens is 1. The van der Waals surface area contributed by atoms with Gasteiger partial charge < -0.3 is 10.2 Å². The average molecular weight is 461 g/mol. The van der Waals surface area contributed by atoms with Gasteiger partial charge in [-0.2, -0.15) is 0 Å². The maximum atomic E-state index is 12.5. The van der Waals surface area contributed by atoms with Crippen LogP contribution in [0.4, 0.5) is 10.5 Å². The number of urea groups is 1. The highest BCUT2D eigenvalue weighted by atomic mass is 32.2. The zero-order valence-electron chi connectivity index (χ0n) is 17.4. The number of carbonyl (C=O) groups excluding carboxylic acids is 2. The van der Waals surface area contributed by atoms with Crippen LogP contribution in [0.15, 0.2) is 16.9 Å². The van der Waals surface area contributed by atoms with Crippen LogP contribution in [0.3, 0.4) is 0 Å². The zero-order valence-corrected chi connectivity index (χ0v) is 19.0. The Hall–Kier alpha value is -2.72. The van der Waals surface area contributed by atoms with Gasteiger partial charge >= 0.3 is 6.03 Å². The number of hydrogen-bond donors (Lipinski definition) is 2. The molecular formula is C21H24N4O4S2. The van der Waals surface area contributed by atoms with Gasteiger partial charge in [0.15, 0.2) is 0 Å². The maximum absolute atomic E-state index is 12.5. The van der Waals surface area contributed by atoms with Crippen molar-refractivity contribution < 1.29 is 18.0 Å². The number of nitrogens with one attached hydrogen (secondary N) is 2. The number of hydrogen-bond acceptors (Lipinski definition) is 6. The lowest BCUT2D eigenvalue weighted by Gasteiger charge is -2.16. The van der Waals surface area contributed by atoms with Crippen LogP contribution in [0.25, 0.3) is 6.08 Å². The van der Waals surface area contributed by atoms with Gasteiger partial charge in [-0.05, 0) is 66.9 Å². The second-order valence-electron chi connectivity index (χ2n) is 7.91. The van der Waals surface area contributed by atoms with Gasteiger partial charge in [0, 0.05) is 25.2 Å². The number of fused-ring (bicyclic) bond motifs is 2. The molecule has 2 aromatic rings. The number of thiazole rings is 1. The summed E-state index contributed by atoms with van der Waals surface area (Å²) in [4.78, 5) is 29.9. The van der Waals surface area contributed by atoms with E-state index in [2.05, 4.69) is 16.4 Å². The first-order valence-electron chi connectivity index (χ1n) is 10.1. The van der Waals surface area contributed by atoms with Gasteiger partial charge in [-0.3, -0.25) is 4.79 Å². The number of rotatable bonds is 5. The van der Waals surface area contributed by atoms with E-state index in [1.54, 1.807) is 19.5 Å². The third-order valence-electron chi connectivity index (χ3n) is 5.48. The van der Waals surface area contributed by atoms with Crippen molar-refractivity contribution in [2.45, 2.75) is 38.5 Å². The lowest BCUT2D eigenvalue weighted by molar-refractivity contribution is 0.0822. The van der Waals surface area contributed by atoms with Crippen molar-refractivity contribution in [1.82, 2.24) is 14.6 Å². The van der Waals surface area contributed by atoms with E-state index in [4.69, 9.17) is 0 Å². The van der Waals surface area contributed by atoms with Crippen LogP contribution in [0.2, 0.25) is 0 Å². The van der Waals surface area contributed by atoms with Crippen LogP contribution in [0.1, 0.15) is 50.6 Å². The fraction of sp³-hybridized carbons (Fsp3) is 0.381. The van der Waals surface area contributed by atoms with Crippen molar-refractivity contribution >= 4 is 45.1 Å². The summed E-state index contributed by atoms with van der Waals surface area (Å²) in [6, 6.07) is 1.47. The molecule has 0 aliphatic heterocycles. The Balaban J connectivity index is 1.46. The van der Waals surface area contributed by atoms with Crippen molar-refractivity contribution in [2.24, 2.45) is 0 Å². The predicted octanol–water partition coefficient (Wildman–Crippen LogP) is 2.94. The molecule has 2 aliphatic rings. The molecule has 8 nitrogen and oxygen atoms in total. The van der Waals surface area contributed by atoms with E-state index in [-0.39, 0.29) is 11.6 Å². The zero-order chi connectivity index (χ0) is 22.2. The van der Waals surface area contributed by atoms with Gasteiger partial charge in [-0.1, -0.05) is 6.07 Å². The second kappa shape index (κ2) is 8.43. The first kappa shape index (κ1) is 21.5. The number of benzene rings is 1. The highest BCUT2D eigenvalue weighted by Gasteiger charge is 2.25. The Morgan fingerprint density at radius 3 is 2.35 bits per heavy atom. The molecule has 0 fully saturated rings. The Labute approximate surface area is 185 Å². The molecule has 4 rings (SSSR count). The quantitative estimate of drug-likeness (QED) is 0.713. The lowest BCUT2D eigenvalue weighted by Crippen LogP contribution is -2.33. The standard InChI is InChI=1S/C21H24N4O4S2/c1-25(2)20(26)17-12-30-18(22-17)9-10-31(28,29)24-21(27)23-19-15-7-3-5-13(15)11-14-6-4-8-16(14)19/h9-12H,3-8H2,1-2H3,(H2,23,24,27)/b10-9+. The van der Waals surface area contributed by atoms with Crippen LogP contribution in [0.5, 0.6) is 0 Å². The number of anilines is 1. The summed E-state index contributed by atoms with van der Waals surface area (Å²) in [7, 11) is -0.800. The fourth-order valence-electron chi connectivity index (χ4n) is 4.11. The predicted molar refractivity (Wildman–Crippen MR) is 121 cm³/mol. The van der Waals surface area contributed by atoms with E-state index in [0.717, 1.165) is 72.1 Å². The van der Waals surface area contributed by atoms with Gasteiger partial charge in [-0.25, -0.2) is 22.9 Å². The number of amides is 3. The summed E-state index contributed by atoms with van der Waals surface area (Å²) in [6.45, 7) is 0. The topological polar surface area (TPSA) is 108 Å². The third-order valence-corrected chi connectivity index (χ3v) is 7.26. The molecule has 10 heteroatoms. The monoisotopic (exact) mass is 460 g/mol. The molecule has 0 radical (unpaired) electrons. The molecule has 2 N–H and O–H groups in total. The molecule has 31 heavy (non-hydrogen) atoms. The van der Waals surface area contributed by atoms with E-state index in [1.807, 2.05) is 4.72 Å². The molecule has 1 heterocycles. The summed E-state index contributed by atoms with van der Waals surface area (Å²) >= 11 is 1.15. The molecule has 0 saturated heterocycles. The van der Waals surface area contributed by atoms with Crippen molar-refractivity contribution in [1.29, 1.82) is 0 Å². The van der Waals surface area contributed by atoms with Gasteiger partial charge in [0.25, 0.3) is 15.9 Å². The molecule has 0 spiro atoms. The summed E-state index contributed by atoms with van der Waals surface area (Å²) < 4.78 is 26.8. The summed E-state index contributed by atoms with van der Waals surface area (Å²) in [6.07, 6.45) is 7.12. The van der Waals surface area contributed by atoms with Crippen LogP contribution in [-0.4, -0.2) is 44.3 Å². The fourth-order valence-corrected chi connectivity index (χ4v) is 5.56. The van der Waals surface area contributed by atoms with Gasteiger partial charge in [0.1, 0.15) is 10.7 Å². The Kier molecular flexibility index (Phi) is 5.85. The van der Waals surface area contributed by atoms with Gasteiger partial charge in [-0.15, -0.1) is 11.3 Å². The Morgan fingerprint density at radius 1 is 1.10 bits per heavy atom. The third kappa shape index (κ3) is 4.64. The molecule has 0 unspecified atom stereocenters. The number of nitrogens with zero attached hydrogens (tertiary/aromatic N) is 2. The molecule has 3 amide bonds. The van der Waals surface area contributed by atoms with Gasteiger partial charge in [0.2, 0.25) is 0 Å². The van der Waals surface area contributed by atoms with Crippen molar-refractivity contribution in [3.63, 3.8) is 0 Å². The first-order valence-corrected chi connectivity index (χ1v) is 12.5. The first-order chi connectivity index (χ1) is 14.7. The van der Waals surface area contributed by atoms with Crippen LogP contribution in [-0.2, 0) is 35.7 Å². The smallest absolute Gasteiger partial charge is 0.333 e. The largest absolute Gasteiger partial charge is 0.343 e. The molecule has 0 saturated carbocycles. The molecule has 164 valence electrons. The van der Waals surface area contributed by atoms with E-state index in [1.165, 1.54) is 22.1 Å². The molecule has 1 aromatic carbocycles. The molecule has 0 atom stereocenters. The van der Waals surface area contributed by atoms with E-state index in [9.17, 15) is 18.0 Å². The molecule has 1 aromatic heterocycles. The van der Waals surface area contributed by atoms with Gasteiger partial charge in [0.05, 0.1) is 5.41 Å². The average Bonchev–Trinajstić information content (AvgIpc) is 3.45. The second-order valence-corrected chi connectivity index (χ2v) is 10.4. The molecular weight excluding hydrogens is 436 g/mol. The van der Waals surface area contributed by atoms with E-state index < -0.39 is 16.1 Å². The van der Waals surface area contributed by atoms with Crippen LogP contribution >= 0.6 is 11.3 Å². The van der Waals surface area contributed by atoms with E-state index in [0.29, 0.717) is 5.01 Å². The maximum Gasteiger partial charge on any atom is 0.333 e. The number of carbonyl (C=O) groups is 2. The highest BCUT2D eigenvalue weighted by Crippen LogP contribution is 2.38. The Bertz CT molecular complexity index is 1150. The Morgan fingerprint density at radius 2 is 1.74 bits per heavy atom. The van der Waals surface area contributed by atoms with Crippen LogP contribution < -0.4 is 10.0 Å². The number of aryl methyl sites for hydroxylation is 2. The van der Waals surface area contributed by atoms with Crippen molar-refractivity contribution in [3.8, 4) is 0 Å². The molecule has 2 aliphatic carbocycles. The summed E-state index contributed by atoms with van der Waals surface area (Å²) in [5.74, 6) is -0.265. The lowest BCUT2D eigenvalue weighted by atomic mass is 9.99. The SMILES string of the molecule is CN(C)C(=O)c1csc(/C=C/S(=O)(=O)NC(=O)Nc2c3c(cc4c2CCC4)CCC3)n1. The minimum Gasteiger partial charge on any atom is -0.343 e. The van der Waals surface area contributed by atoms with Crippen molar-refractivity contribution in [3.05, 3.63) is 49.8 Å².